The van der Waals surface area contributed by atoms with Crippen LogP contribution in [0.1, 0.15) is 21.6 Å². The summed E-state index contributed by atoms with van der Waals surface area (Å²) >= 11 is 0. The van der Waals surface area contributed by atoms with Gasteiger partial charge >= 0.3 is 5.97 Å². The summed E-state index contributed by atoms with van der Waals surface area (Å²) in [5.41, 5.74) is 2.19. The molecule has 0 bridgehead atoms. The normalized spacial score (nSPS) is 11.4. The molecule has 172 valence electrons. The van der Waals surface area contributed by atoms with Gasteiger partial charge in [-0.25, -0.2) is 9.48 Å². The van der Waals surface area contributed by atoms with Crippen molar-refractivity contribution in [1.82, 2.24) is 15.1 Å². The maximum absolute atomic E-state index is 12.1. The average Bonchev–Trinajstić information content (AvgIpc) is 3.16. The quantitative estimate of drug-likeness (QED) is 0.285. The Labute approximate surface area is 185 Å². The van der Waals surface area contributed by atoms with Crippen molar-refractivity contribution in [3.63, 3.8) is 0 Å². The summed E-state index contributed by atoms with van der Waals surface area (Å²) in [5.74, 6) is 1.08. The summed E-state index contributed by atoms with van der Waals surface area (Å²) in [5, 5.41) is 7.75. The largest absolute Gasteiger partial charge is 0.497 e. The Balaban J connectivity index is 1.92. The van der Waals surface area contributed by atoms with E-state index in [9.17, 15) is 4.79 Å². The van der Waals surface area contributed by atoms with Crippen molar-refractivity contribution in [3.05, 3.63) is 41.2 Å². The van der Waals surface area contributed by atoms with Crippen molar-refractivity contribution < 1.29 is 23.7 Å². The number of carbonyl (C=O) groups excluding carboxylic acids is 1. The highest BCUT2D eigenvalue weighted by Gasteiger charge is 2.18. The number of ether oxygens (including phenoxy) is 4. The second-order valence-electron chi connectivity index (χ2n) is 8.49. The summed E-state index contributed by atoms with van der Waals surface area (Å²) in [6.07, 6.45) is 2.49. The van der Waals surface area contributed by atoms with Crippen LogP contribution < -0.4 is 14.8 Å². The summed E-state index contributed by atoms with van der Waals surface area (Å²) in [6.45, 7) is 9.26. The summed E-state index contributed by atoms with van der Waals surface area (Å²) in [6, 6.07) is 6.82. The molecule has 0 atom stereocenters. The number of methoxy groups -OCH3 is 3. The molecular formula is C22H35N3O5Si. The lowest BCUT2D eigenvalue weighted by Gasteiger charge is -2.15. The van der Waals surface area contributed by atoms with Gasteiger partial charge in [0.05, 0.1) is 21.3 Å². The van der Waals surface area contributed by atoms with Gasteiger partial charge in [0.15, 0.2) is 5.69 Å². The molecule has 9 heteroatoms. The second-order valence-corrected chi connectivity index (χ2v) is 14.1. The number of benzene rings is 1. The van der Waals surface area contributed by atoms with Crippen LogP contribution in [0.15, 0.2) is 24.4 Å². The first kappa shape index (κ1) is 24.9. The van der Waals surface area contributed by atoms with Gasteiger partial charge in [-0.2, -0.15) is 5.10 Å². The molecule has 0 amide bonds. The van der Waals surface area contributed by atoms with Crippen LogP contribution in [0.5, 0.6) is 11.5 Å². The molecule has 0 saturated heterocycles. The van der Waals surface area contributed by atoms with E-state index >= 15 is 0 Å². The van der Waals surface area contributed by atoms with Gasteiger partial charge in [-0.3, -0.25) is 0 Å². The maximum atomic E-state index is 12.1. The predicted octanol–water partition coefficient (Wildman–Crippen LogP) is 3.33. The van der Waals surface area contributed by atoms with Gasteiger partial charge in [0, 0.05) is 44.6 Å². The van der Waals surface area contributed by atoms with E-state index in [0.29, 0.717) is 38.5 Å². The summed E-state index contributed by atoms with van der Waals surface area (Å²) in [7, 11) is 3.49. The van der Waals surface area contributed by atoms with Gasteiger partial charge in [-0.05, 0) is 25.1 Å². The van der Waals surface area contributed by atoms with Crippen molar-refractivity contribution in [2.24, 2.45) is 0 Å². The fourth-order valence-electron chi connectivity index (χ4n) is 2.96. The van der Waals surface area contributed by atoms with E-state index in [1.165, 1.54) is 7.11 Å². The zero-order valence-corrected chi connectivity index (χ0v) is 20.5. The van der Waals surface area contributed by atoms with E-state index in [1.54, 1.807) is 18.9 Å². The Hall–Kier alpha value is -2.36. The number of hydrogen-bond donors (Lipinski definition) is 1. The van der Waals surface area contributed by atoms with Crippen molar-refractivity contribution in [1.29, 1.82) is 0 Å². The molecule has 1 aromatic heterocycles. The Kier molecular flexibility index (Phi) is 9.54. The topological polar surface area (TPSA) is 83.8 Å². The molecule has 1 aromatic carbocycles. The summed E-state index contributed by atoms with van der Waals surface area (Å²) < 4.78 is 23.0. The predicted molar refractivity (Wildman–Crippen MR) is 123 cm³/mol. The van der Waals surface area contributed by atoms with Gasteiger partial charge < -0.3 is 24.3 Å². The van der Waals surface area contributed by atoms with Gasteiger partial charge in [-0.1, -0.05) is 25.7 Å². The van der Waals surface area contributed by atoms with Crippen LogP contribution in [-0.2, 0) is 29.2 Å². The van der Waals surface area contributed by atoms with Gasteiger partial charge in [-0.15, -0.1) is 0 Å². The highest BCUT2D eigenvalue weighted by molar-refractivity contribution is 6.76. The van der Waals surface area contributed by atoms with Crippen LogP contribution in [0.3, 0.4) is 0 Å². The molecule has 0 unspecified atom stereocenters. The molecule has 2 rings (SSSR count). The van der Waals surface area contributed by atoms with Crippen LogP contribution in [0.25, 0.3) is 0 Å². The van der Waals surface area contributed by atoms with Crippen molar-refractivity contribution >= 4 is 14.0 Å². The van der Waals surface area contributed by atoms with Crippen LogP contribution in [0.2, 0.25) is 25.7 Å². The lowest BCUT2D eigenvalue weighted by atomic mass is 10.1. The number of aromatic nitrogens is 2. The first-order valence-electron chi connectivity index (χ1n) is 10.4. The second kappa shape index (κ2) is 11.9. The van der Waals surface area contributed by atoms with E-state index in [-0.39, 0.29) is 0 Å². The van der Waals surface area contributed by atoms with Crippen molar-refractivity contribution in [3.8, 4) is 11.5 Å². The highest BCUT2D eigenvalue weighted by atomic mass is 28.3. The zero-order valence-electron chi connectivity index (χ0n) is 19.5. The number of esters is 1. The Morgan fingerprint density at radius 2 is 1.90 bits per heavy atom. The van der Waals surface area contributed by atoms with E-state index in [4.69, 9.17) is 18.9 Å². The lowest BCUT2D eigenvalue weighted by Crippen LogP contribution is -2.22. The van der Waals surface area contributed by atoms with E-state index in [2.05, 4.69) is 30.1 Å². The standard InChI is InChI=1S/C22H35N3O5Si/c1-27-19-8-7-17(20(13-19)28-2)14-23-10-9-18-15-25(24-21(18)22(26)29-3)16-30-11-12-31(4,5)6/h7-8,13,15,23H,9-12,14,16H2,1-6H3. The third-order valence-corrected chi connectivity index (χ3v) is 6.52. The van der Waals surface area contributed by atoms with Crippen LogP contribution in [0.4, 0.5) is 0 Å². The molecule has 0 fully saturated rings. The number of carbonyl (C=O) groups is 1. The molecule has 0 saturated carbocycles. The minimum atomic E-state index is -1.14. The molecule has 1 N–H and O–H groups in total. The van der Waals surface area contributed by atoms with E-state index in [0.717, 1.165) is 28.7 Å². The van der Waals surface area contributed by atoms with E-state index < -0.39 is 14.0 Å². The minimum Gasteiger partial charge on any atom is -0.497 e. The Morgan fingerprint density at radius 1 is 1.13 bits per heavy atom. The van der Waals surface area contributed by atoms with Crippen molar-refractivity contribution in [2.75, 3.05) is 34.5 Å². The highest BCUT2D eigenvalue weighted by Crippen LogP contribution is 2.24. The first-order chi connectivity index (χ1) is 14.8. The molecule has 0 spiro atoms. The molecule has 0 aliphatic rings. The maximum Gasteiger partial charge on any atom is 0.358 e. The average molecular weight is 450 g/mol. The fourth-order valence-corrected chi connectivity index (χ4v) is 3.72. The van der Waals surface area contributed by atoms with Crippen LogP contribution >= 0.6 is 0 Å². The smallest absolute Gasteiger partial charge is 0.358 e. The molecule has 0 aliphatic heterocycles. The Morgan fingerprint density at radius 3 is 2.55 bits per heavy atom. The molecule has 8 nitrogen and oxygen atoms in total. The molecule has 2 aromatic rings. The summed E-state index contributed by atoms with van der Waals surface area (Å²) in [4.78, 5) is 12.1. The third kappa shape index (κ3) is 8.00. The first-order valence-corrected chi connectivity index (χ1v) is 14.1. The molecule has 0 radical (unpaired) electrons. The number of hydrogen-bond acceptors (Lipinski definition) is 7. The van der Waals surface area contributed by atoms with Gasteiger partial charge in [0.25, 0.3) is 0 Å². The third-order valence-electron chi connectivity index (χ3n) is 4.82. The zero-order chi connectivity index (χ0) is 22.9. The van der Waals surface area contributed by atoms with Gasteiger partial charge in [0.2, 0.25) is 0 Å². The van der Waals surface area contributed by atoms with Gasteiger partial charge in [0.1, 0.15) is 18.2 Å². The fraction of sp³-hybridized carbons (Fsp3) is 0.545. The minimum absolute atomic E-state index is 0.324. The Bertz CT molecular complexity index is 848. The van der Waals surface area contributed by atoms with Crippen molar-refractivity contribution in [2.45, 2.75) is 45.4 Å². The number of rotatable bonds is 13. The van der Waals surface area contributed by atoms with E-state index in [1.807, 2.05) is 24.4 Å². The SMILES string of the molecule is COC(=O)c1nn(COCC[Si](C)(C)C)cc1CCNCc1ccc(OC)cc1OC. The van der Waals surface area contributed by atoms with Crippen LogP contribution in [0, 0.1) is 0 Å². The number of nitrogens with zero attached hydrogens (tertiary/aromatic N) is 2. The monoisotopic (exact) mass is 449 g/mol. The molecule has 1 heterocycles. The molecule has 0 aliphatic carbocycles. The van der Waals surface area contributed by atoms with Crippen LogP contribution in [-0.4, -0.2) is 58.3 Å². The number of nitrogens with one attached hydrogen (secondary N) is 1. The lowest BCUT2D eigenvalue weighted by molar-refractivity contribution is 0.0581. The molecule has 31 heavy (non-hydrogen) atoms. The molecular weight excluding hydrogens is 414 g/mol.